The van der Waals surface area contributed by atoms with E-state index in [-0.39, 0.29) is 0 Å². The first kappa shape index (κ1) is 14.3. The van der Waals surface area contributed by atoms with Gasteiger partial charge in [-0.05, 0) is 20.8 Å². The second-order valence-electron chi connectivity index (χ2n) is 2.52. The average molecular weight is 244 g/mol. The minimum Gasteiger partial charge on any atom is -0.333 e. The summed E-state index contributed by atoms with van der Waals surface area (Å²) in [6.45, 7) is 6.22. The van der Waals surface area contributed by atoms with E-state index in [1.54, 1.807) is 6.92 Å². The second kappa shape index (κ2) is 6.69. The van der Waals surface area contributed by atoms with E-state index in [9.17, 15) is 8.42 Å². The fourth-order valence-electron chi connectivity index (χ4n) is 0.790. The molecule has 1 unspecified atom stereocenters. The second-order valence-corrected chi connectivity index (χ2v) is 5.94. The van der Waals surface area contributed by atoms with Gasteiger partial charge in [-0.25, -0.2) is 0 Å². The molecule has 0 aromatic carbocycles. The topological polar surface area (TPSA) is 61.8 Å². The monoisotopic (exact) mass is 244 g/mol. The van der Waals surface area contributed by atoms with E-state index in [4.69, 9.17) is 13.2 Å². The molecule has 0 fully saturated rings. The standard InChI is InChI=1S/C7H17O5PS/c1-5-10-13(11-6-2)7(3)12-14(4,8)9/h7H,5-6H2,1-4H3. The summed E-state index contributed by atoms with van der Waals surface area (Å²) in [7, 11) is -4.74. The molecule has 0 heterocycles. The van der Waals surface area contributed by atoms with Crippen LogP contribution in [0, 0.1) is 0 Å². The Morgan fingerprint density at radius 2 is 1.64 bits per heavy atom. The molecule has 0 saturated heterocycles. The lowest BCUT2D eigenvalue weighted by atomic mass is 10.9. The molecule has 0 N–H and O–H groups in total. The molecule has 0 rings (SSSR count). The summed E-state index contributed by atoms with van der Waals surface area (Å²) in [5.74, 6) is -0.570. The van der Waals surface area contributed by atoms with Crippen LogP contribution in [0.25, 0.3) is 0 Å². The number of hydrogen-bond donors (Lipinski definition) is 0. The minimum atomic E-state index is -3.45. The molecule has 0 aromatic rings. The van der Waals surface area contributed by atoms with Crippen molar-refractivity contribution in [1.29, 1.82) is 0 Å². The van der Waals surface area contributed by atoms with Crippen LogP contribution in [-0.4, -0.2) is 33.7 Å². The van der Waals surface area contributed by atoms with Crippen LogP contribution >= 0.6 is 8.38 Å². The van der Waals surface area contributed by atoms with Crippen LogP contribution in [0.3, 0.4) is 0 Å². The molecular weight excluding hydrogens is 227 g/mol. The van der Waals surface area contributed by atoms with Crippen molar-refractivity contribution in [3.05, 3.63) is 0 Å². The van der Waals surface area contributed by atoms with Crippen LogP contribution in [0.1, 0.15) is 20.8 Å². The number of rotatable bonds is 7. The van der Waals surface area contributed by atoms with Gasteiger partial charge in [-0.1, -0.05) is 0 Å². The Kier molecular flexibility index (Phi) is 6.81. The van der Waals surface area contributed by atoms with E-state index in [1.165, 1.54) is 0 Å². The molecule has 5 nitrogen and oxygen atoms in total. The van der Waals surface area contributed by atoms with Gasteiger partial charge < -0.3 is 9.05 Å². The molecule has 0 aliphatic heterocycles. The highest BCUT2D eigenvalue weighted by Gasteiger charge is 2.23. The van der Waals surface area contributed by atoms with Crippen LogP contribution < -0.4 is 0 Å². The highest BCUT2D eigenvalue weighted by Crippen LogP contribution is 2.44. The van der Waals surface area contributed by atoms with Gasteiger partial charge in [0.15, 0.2) is 0 Å². The smallest absolute Gasteiger partial charge is 0.265 e. The third-order valence-electron chi connectivity index (χ3n) is 1.12. The Morgan fingerprint density at radius 1 is 1.21 bits per heavy atom. The fraction of sp³-hybridized carbons (Fsp3) is 1.00. The molecule has 0 radical (unpaired) electrons. The van der Waals surface area contributed by atoms with E-state index in [2.05, 4.69) is 0 Å². The largest absolute Gasteiger partial charge is 0.333 e. The van der Waals surface area contributed by atoms with E-state index in [1.807, 2.05) is 13.8 Å². The van der Waals surface area contributed by atoms with Gasteiger partial charge in [0.05, 0.1) is 19.5 Å². The third kappa shape index (κ3) is 6.68. The summed E-state index contributed by atoms with van der Waals surface area (Å²) in [5.41, 5.74) is 0. The maximum Gasteiger partial charge on any atom is 0.265 e. The summed E-state index contributed by atoms with van der Waals surface area (Å²) >= 11 is 0. The van der Waals surface area contributed by atoms with E-state index < -0.39 is 24.3 Å². The molecule has 1 atom stereocenters. The molecule has 7 heteroatoms. The summed E-state index contributed by atoms with van der Waals surface area (Å²) < 4.78 is 36.9. The van der Waals surface area contributed by atoms with Crippen LogP contribution in [0.5, 0.6) is 0 Å². The summed E-state index contributed by atoms with van der Waals surface area (Å²) in [4.78, 5) is 0. The predicted molar refractivity (Wildman–Crippen MR) is 55.6 cm³/mol. The molecule has 14 heavy (non-hydrogen) atoms. The van der Waals surface area contributed by atoms with Crippen molar-refractivity contribution in [2.24, 2.45) is 0 Å². The fourth-order valence-corrected chi connectivity index (χ4v) is 3.05. The molecule has 0 bridgehead atoms. The van der Waals surface area contributed by atoms with Gasteiger partial charge in [0.25, 0.3) is 10.1 Å². The normalized spacial score (nSPS) is 14.6. The highest BCUT2D eigenvalue weighted by molar-refractivity contribution is 7.86. The van der Waals surface area contributed by atoms with Gasteiger partial charge in [-0.2, -0.15) is 8.42 Å². The van der Waals surface area contributed by atoms with Crippen molar-refractivity contribution in [1.82, 2.24) is 0 Å². The quantitative estimate of drug-likeness (QED) is 0.503. The summed E-state index contributed by atoms with van der Waals surface area (Å²) in [5, 5.41) is 0. The van der Waals surface area contributed by atoms with Crippen LogP contribution in [0.4, 0.5) is 0 Å². The lowest BCUT2D eigenvalue weighted by Gasteiger charge is -2.21. The molecule has 0 spiro atoms. The third-order valence-corrected chi connectivity index (χ3v) is 3.63. The van der Waals surface area contributed by atoms with Gasteiger partial charge >= 0.3 is 0 Å². The van der Waals surface area contributed by atoms with Gasteiger partial charge in [-0.3, -0.25) is 4.18 Å². The summed E-state index contributed by atoms with van der Waals surface area (Å²) in [6, 6.07) is 0. The number of hydrogen-bond acceptors (Lipinski definition) is 5. The van der Waals surface area contributed by atoms with Crippen LogP contribution in [-0.2, 0) is 23.3 Å². The van der Waals surface area contributed by atoms with Crippen LogP contribution in [0.2, 0.25) is 0 Å². The van der Waals surface area contributed by atoms with Crippen LogP contribution in [0.15, 0.2) is 0 Å². The van der Waals surface area contributed by atoms with Gasteiger partial charge in [0.1, 0.15) is 5.85 Å². The van der Waals surface area contributed by atoms with Gasteiger partial charge in [-0.15, -0.1) is 0 Å². The Balaban J connectivity index is 4.20. The lowest BCUT2D eigenvalue weighted by molar-refractivity contribution is 0.213. The Hall–Kier alpha value is 0.260. The van der Waals surface area contributed by atoms with E-state index in [0.29, 0.717) is 13.2 Å². The molecule has 0 aliphatic rings. The SMILES string of the molecule is CCOP(OCC)C(C)OS(C)(=O)=O. The maximum atomic E-state index is 10.8. The average Bonchev–Trinajstić information content (AvgIpc) is 2.01. The first-order valence-electron chi connectivity index (χ1n) is 4.34. The summed E-state index contributed by atoms with van der Waals surface area (Å²) in [6.07, 6.45) is 1.01. The van der Waals surface area contributed by atoms with E-state index >= 15 is 0 Å². The molecule has 0 saturated carbocycles. The van der Waals surface area contributed by atoms with Crippen molar-refractivity contribution in [2.45, 2.75) is 26.6 Å². The lowest BCUT2D eigenvalue weighted by Crippen LogP contribution is -2.14. The maximum absolute atomic E-state index is 10.8. The molecule has 86 valence electrons. The Morgan fingerprint density at radius 3 is 1.93 bits per heavy atom. The Bertz CT molecular complexity index is 234. The van der Waals surface area contributed by atoms with Crippen molar-refractivity contribution in [3.63, 3.8) is 0 Å². The zero-order valence-corrected chi connectivity index (χ0v) is 10.6. The van der Waals surface area contributed by atoms with Crippen molar-refractivity contribution >= 4 is 18.5 Å². The minimum absolute atomic E-state index is 0.475. The van der Waals surface area contributed by atoms with E-state index in [0.717, 1.165) is 6.26 Å². The first-order valence-corrected chi connectivity index (χ1v) is 7.40. The molecule has 0 aliphatic carbocycles. The van der Waals surface area contributed by atoms with Crippen molar-refractivity contribution < 1.29 is 21.6 Å². The van der Waals surface area contributed by atoms with Gasteiger partial charge in [0.2, 0.25) is 8.38 Å². The molecule has 0 aromatic heterocycles. The zero-order chi connectivity index (χ0) is 11.2. The molecular formula is C7H17O5PS. The van der Waals surface area contributed by atoms with Gasteiger partial charge in [0, 0.05) is 0 Å². The van der Waals surface area contributed by atoms with Crippen molar-refractivity contribution in [3.8, 4) is 0 Å². The predicted octanol–water partition coefficient (Wildman–Crippen LogP) is 1.69. The first-order chi connectivity index (χ1) is 6.40. The Labute approximate surface area is 86.8 Å². The highest BCUT2D eigenvalue weighted by atomic mass is 32.2. The zero-order valence-electron chi connectivity index (χ0n) is 8.89. The van der Waals surface area contributed by atoms with Crippen molar-refractivity contribution in [2.75, 3.05) is 19.5 Å². The molecule has 0 amide bonds.